The van der Waals surface area contributed by atoms with Gasteiger partial charge in [0.2, 0.25) is 5.91 Å². The van der Waals surface area contributed by atoms with E-state index in [9.17, 15) is 14.4 Å². The molecule has 1 heterocycles. The first-order chi connectivity index (χ1) is 9.85. The van der Waals surface area contributed by atoms with Gasteiger partial charge in [-0.15, -0.1) is 0 Å². The molecule has 0 saturated heterocycles. The van der Waals surface area contributed by atoms with Crippen LogP contribution in [0, 0.1) is 0 Å². The van der Waals surface area contributed by atoms with Gasteiger partial charge in [-0.25, -0.2) is 4.79 Å². The molecule has 0 aliphatic heterocycles. The van der Waals surface area contributed by atoms with Crippen LogP contribution in [0.3, 0.4) is 0 Å². The molecule has 0 atom stereocenters. The molecular weight excluding hydrogens is 276 g/mol. The van der Waals surface area contributed by atoms with Crippen LogP contribution in [0.2, 0.25) is 0 Å². The van der Waals surface area contributed by atoms with Crippen LogP contribution in [-0.4, -0.2) is 35.5 Å². The summed E-state index contributed by atoms with van der Waals surface area (Å²) in [6, 6.07) is 1.24. The zero-order valence-electron chi connectivity index (χ0n) is 12.4. The van der Waals surface area contributed by atoms with Gasteiger partial charge < -0.3 is 20.2 Å². The monoisotopic (exact) mass is 296 g/mol. The Morgan fingerprint density at radius 2 is 2.00 bits per heavy atom. The van der Waals surface area contributed by atoms with Crippen LogP contribution < -0.4 is 10.6 Å². The van der Waals surface area contributed by atoms with E-state index in [-0.39, 0.29) is 42.0 Å². The van der Waals surface area contributed by atoms with Crippen molar-refractivity contribution < 1.29 is 23.9 Å². The SMILES string of the molecule is CCc1oc(C(=O)NCCC(=O)NC(C)C)cc1C(=O)O. The van der Waals surface area contributed by atoms with E-state index in [0.717, 1.165) is 0 Å². The van der Waals surface area contributed by atoms with Crippen molar-refractivity contribution in [2.45, 2.75) is 39.7 Å². The first kappa shape index (κ1) is 16.7. The van der Waals surface area contributed by atoms with E-state index in [1.165, 1.54) is 6.07 Å². The Balaban J connectivity index is 2.56. The van der Waals surface area contributed by atoms with Gasteiger partial charge in [0.05, 0.1) is 0 Å². The number of hydrogen-bond donors (Lipinski definition) is 3. The van der Waals surface area contributed by atoms with E-state index in [2.05, 4.69) is 10.6 Å². The molecule has 116 valence electrons. The van der Waals surface area contributed by atoms with Gasteiger partial charge in [-0.05, 0) is 13.8 Å². The number of rotatable bonds is 7. The van der Waals surface area contributed by atoms with Crippen molar-refractivity contribution in [3.63, 3.8) is 0 Å². The van der Waals surface area contributed by atoms with Gasteiger partial charge in [-0.3, -0.25) is 9.59 Å². The highest BCUT2D eigenvalue weighted by Crippen LogP contribution is 2.16. The van der Waals surface area contributed by atoms with Crippen molar-refractivity contribution in [1.82, 2.24) is 10.6 Å². The molecule has 2 amide bonds. The molecule has 0 unspecified atom stereocenters. The lowest BCUT2D eigenvalue weighted by Crippen LogP contribution is -2.34. The first-order valence-electron chi connectivity index (χ1n) is 6.78. The lowest BCUT2D eigenvalue weighted by atomic mass is 10.2. The summed E-state index contributed by atoms with van der Waals surface area (Å²) in [4.78, 5) is 34.2. The molecule has 7 nitrogen and oxygen atoms in total. The smallest absolute Gasteiger partial charge is 0.339 e. The highest BCUT2D eigenvalue weighted by molar-refractivity contribution is 5.96. The second-order valence-electron chi connectivity index (χ2n) is 4.83. The minimum atomic E-state index is -1.13. The van der Waals surface area contributed by atoms with Gasteiger partial charge in [0.15, 0.2) is 5.76 Å². The summed E-state index contributed by atoms with van der Waals surface area (Å²) < 4.78 is 5.22. The molecule has 0 spiro atoms. The summed E-state index contributed by atoms with van der Waals surface area (Å²) in [7, 11) is 0. The lowest BCUT2D eigenvalue weighted by Gasteiger charge is -2.08. The minimum absolute atomic E-state index is 0.0137. The first-order valence-corrected chi connectivity index (χ1v) is 6.78. The Morgan fingerprint density at radius 1 is 1.33 bits per heavy atom. The second kappa shape index (κ2) is 7.47. The van der Waals surface area contributed by atoms with Gasteiger partial charge in [-0.1, -0.05) is 6.92 Å². The number of nitrogens with one attached hydrogen (secondary N) is 2. The topological polar surface area (TPSA) is 109 Å². The number of carbonyl (C=O) groups is 3. The molecule has 1 aromatic heterocycles. The molecule has 1 aromatic rings. The van der Waals surface area contributed by atoms with Crippen LogP contribution in [0.25, 0.3) is 0 Å². The fraction of sp³-hybridized carbons (Fsp3) is 0.500. The minimum Gasteiger partial charge on any atom is -0.478 e. The van der Waals surface area contributed by atoms with Crippen molar-refractivity contribution in [1.29, 1.82) is 0 Å². The maximum atomic E-state index is 11.8. The zero-order valence-corrected chi connectivity index (χ0v) is 12.4. The third-order valence-corrected chi connectivity index (χ3v) is 2.67. The van der Waals surface area contributed by atoms with Crippen LogP contribution in [0.1, 0.15) is 53.9 Å². The Hall–Kier alpha value is -2.31. The number of furan rings is 1. The summed E-state index contributed by atoms with van der Waals surface area (Å²) >= 11 is 0. The molecule has 0 saturated carbocycles. The van der Waals surface area contributed by atoms with E-state index < -0.39 is 11.9 Å². The third-order valence-electron chi connectivity index (χ3n) is 2.67. The summed E-state index contributed by atoms with van der Waals surface area (Å²) in [5, 5.41) is 14.2. The Labute approximate surface area is 122 Å². The Morgan fingerprint density at radius 3 is 2.48 bits per heavy atom. The molecule has 0 radical (unpaired) electrons. The van der Waals surface area contributed by atoms with Crippen molar-refractivity contribution in [2.24, 2.45) is 0 Å². The van der Waals surface area contributed by atoms with Gasteiger partial charge in [0, 0.05) is 31.5 Å². The molecule has 7 heteroatoms. The van der Waals surface area contributed by atoms with E-state index in [4.69, 9.17) is 9.52 Å². The quantitative estimate of drug-likeness (QED) is 0.700. The molecule has 0 fully saturated rings. The zero-order chi connectivity index (χ0) is 16.0. The average Bonchev–Trinajstić information content (AvgIpc) is 2.81. The predicted molar refractivity (Wildman–Crippen MR) is 75.3 cm³/mol. The van der Waals surface area contributed by atoms with Crippen molar-refractivity contribution in [3.8, 4) is 0 Å². The fourth-order valence-corrected chi connectivity index (χ4v) is 1.76. The number of aryl methyl sites for hydroxylation is 1. The third kappa shape index (κ3) is 4.94. The van der Waals surface area contributed by atoms with Crippen LogP contribution in [-0.2, 0) is 11.2 Å². The van der Waals surface area contributed by atoms with Gasteiger partial charge in [0.1, 0.15) is 11.3 Å². The van der Waals surface area contributed by atoms with Crippen LogP contribution in [0.5, 0.6) is 0 Å². The summed E-state index contributed by atoms with van der Waals surface area (Å²) in [5.74, 6) is -1.63. The Bertz CT molecular complexity index is 533. The maximum Gasteiger partial charge on any atom is 0.339 e. The van der Waals surface area contributed by atoms with Gasteiger partial charge >= 0.3 is 5.97 Å². The standard InChI is InChI=1S/C14H20N2O5/c1-4-10-9(14(19)20)7-11(21-10)13(18)15-6-5-12(17)16-8(2)3/h7-8H,4-6H2,1-3H3,(H,15,18)(H,16,17)(H,19,20). The lowest BCUT2D eigenvalue weighted by molar-refractivity contribution is -0.121. The van der Waals surface area contributed by atoms with E-state index in [0.29, 0.717) is 6.42 Å². The van der Waals surface area contributed by atoms with Crippen molar-refractivity contribution >= 4 is 17.8 Å². The maximum absolute atomic E-state index is 11.8. The van der Waals surface area contributed by atoms with Gasteiger partial charge in [0.25, 0.3) is 5.91 Å². The molecule has 0 aromatic carbocycles. The number of carbonyl (C=O) groups excluding carboxylic acids is 2. The van der Waals surface area contributed by atoms with E-state index in [1.54, 1.807) is 6.92 Å². The van der Waals surface area contributed by atoms with E-state index >= 15 is 0 Å². The molecule has 3 N–H and O–H groups in total. The van der Waals surface area contributed by atoms with Crippen molar-refractivity contribution in [2.75, 3.05) is 6.54 Å². The molecule has 21 heavy (non-hydrogen) atoms. The Kier molecular flexibility index (Phi) is 5.95. The van der Waals surface area contributed by atoms with Crippen LogP contribution >= 0.6 is 0 Å². The number of aromatic carboxylic acids is 1. The van der Waals surface area contributed by atoms with Crippen molar-refractivity contribution in [3.05, 3.63) is 23.2 Å². The highest BCUT2D eigenvalue weighted by atomic mass is 16.4. The second-order valence-corrected chi connectivity index (χ2v) is 4.83. The summed E-state index contributed by atoms with van der Waals surface area (Å²) in [6.45, 7) is 5.59. The highest BCUT2D eigenvalue weighted by Gasteiger charge is 2.19. The largest absolute Gasteiger partial charge is 0.478 e. The van der Waals surface area contributed by atoms with E-state index in [1.807, 2.05) is 13.8 Å². The fourth-order valence-electron chi connectivity index (χ4n) is 1.76. The molecule has 1 rings (SSSR count). The molecule has 0 aliphatic carbocycles. The number of carboxylic acid groups (broad SMARTS) is 1. The summed E-state index contributed by atoms with van der Waals surface area (Å²) in [6.07, 6.45) is 0.531. The number of amides is 2. The van der Waals surface area contributed by atoms with Gasteiger partial charge in [-0.2, -0.15) is 0 Å². The average molecular weight is 296 g/mol. The number of hydrogen-bond acceptors (Lipinski definition) is 4. The molecule has 0 bridgehead atoms. The summed E-state index contributed by atoms with van der Waals surface area (Å²) in [5.41, 5.74) is -0.0137. The predicted octanol–water partition coefficient (Wildman–Crippen LogP) is 1.18. The molecular formula is C14H20N2O5. The van der Waals surface area contributed by atoms with Crippen LogP contribution in [0.15, 0.2) is 10.5 Å². The number of carboxylic acids is 1. The van der Waals surface area contributed by atoms with Crippen LogP contribution in [0.4, 0.5) is 0 Å². The molecule has 0 aliphatic rings. The normalized spacial score (nSPS) is 10.5.